The maximum Gasteiger partial charge on any atom is 0.135 e. The van der Waals surface area contributed by atoms with Crippen LogP contribution in [0.25, 0.3) is 0 Å². The second kappa shape index (κ2) is 8.74. The lowest BCUT2D eigenvalue weighted by molar-refractivity contribution is 0.191. The Labute approximate surface area is 122 Å². The number of hydrogen-bond donors (Lipinski definition) is 2. The number of anilines is 2. The summed E-state index contributed by atoms with van der Waals surface area (Å²) in [5.74, 6) is 2.96. The van der Waals surface area contributed by atoms with Crippen LogP contribution in [0.4, 0.5) is 11.6 Å². The van der Waals surface area contributed by atoms with E-state index in [2.05, 4.69) is 48.3 Å². The minimum atomic E-state index is 0.313. The summed E-state index contributed by atoms with van der Waals surface area (Å²) in [6.07, 6.45) is 2.03. The van der Waals surface area contributed by atoms with Gasteiger partial charge in [0.25, 0.3) is 0 Å². The summed E-state index contributed by atoms with van der Waals surface area (Å²) < 4.78 is 5.10. The number of hydrogen-bond acceptors (Lipinski definition) is 5. The average Bonchev–Trinajstić information content (AvgIpc) is 2.42. The van der Waals surface area contributed by atoms with Crippen LogP contribution in [0.15, 0.2) is 6.07 Å². The van der Waals surface area contributed by atoms with Crippen molar-refractivity contribution in [2.75, 3.05) is 30.9 Å². The van der Waals surface area contributed by atoms with E-state index in [1.54, 1.807) is 7.11 Å². The van der Waals surface area contributed by atoms with Gasteiger partial charge in [-0.3, -0.25) is 0 Å². The fraction of sp³-hybridized carbons (Fsp3) is 0.733. The smallest absolute Gasteiger partial charge is 0.135 e. The molecule has 20 heavy (non-hydrogen) atoms. The van der Waals surface area contributed by atoms with Gasteiger partial charge >= 0.3 is 0 Å². The molecule has 1 heterocycles. The maximum absolute atomic E-state index is 5.10. The van der Waals surface area contributed by atoms with E-state index < -0.39 is 0 Å². The summed E-state index contributed by atoms with van der Waals surface area (Å²) >= 11 is 0. The van der Waals surface area contributed by atoms with Gasteiger partial charge in [-0.25, -0.2) is 9.97 Å². The van der Waals surface area contributed by atoms with E-state index in [0.717, 1.165) is 43.5 Å². The van der Waals surface area contributed by atoms with Crippen LogP contribution in [0, 0.1) is 0 Å². The van der Waals surface area contributed by atoms with Gasteiger partial charge < -0.3 is 15.4 Å². The number of nitrogens with zero attached hydrogens (tertiary/aromatic N) is 2. The Kier molecular flexibility index (Phi) is 7.30. The van der Waals surface area contributed by atoms with Crippen LogP contribution in [-0.2, 0) is 4.74 Å². The van der Waals surface area contributed by atoms with Crippen molar-refractivity contribution in [3.8, 4) is 0 Å². The number of ether oxygens (including phenoxy) is 1. The summed E-state index contributed by atoms with van der Waals surface area (Å²) in [5.41, 5.74) is 0. The van der Waals surface area contributed by atoms with Gasteiger partial charge in [-0.15, -0.1) is 0 Å². The van der Waals surface area contributed by atoms with Crippen LogP contribution >= 0.6 is 0 Å². The van der Waals surface area contributed by atoms with Crippen LogP contribution in [0.2, 0.25) is 0 Å². The number of nitrogens with one attached hydrogen (secondary N) is 2. The molecule has 0 fully saturated rings. The van der Waals surface area contributed by atoms with E-state index in [0.29, 0.717) is 12.0 Å². The number of rotatable bonds is 9. The molecule has 0 bridgehead atoms. The Morgan fingerprint density at radius 3 is 2.50 bits per heavy atom. The lowest BCUT2D eigenvalue weighted by Gasteiger charge is -2.16. The summed E-state index contributed by atoms with van der Waals surface area (Å²) in [7, 11) is 1.72. The molecular formula is C15H28N4O. The van der Waals surface area contributed by atoms with Gasteiger partial charge in [0, 0.05) is 38.3 Å². The Morgan fingerprint density at radius 2 is 1.90 bits per heavy atom. The Balaban J connectivity index is 2.79. The minimum Gasteiger partial charge on any atom is -0.385 e. The first kappa shape index (κ1) is 16.7. The van der Waals surface area contributed by atoms with Crippen molar-refractivity contribution >= 4 is 11.6 Å². The molecule has 0 aliphatic carbocycles. The van der Waals surface area contributed by atoms with Gasteiger partial charge in [-0.05, 0) is 19.8 Å². The van der Waals surface area contributed by atoms with Crippen LogP contribution in [0.1, 0.15) is 52.3 Å². The van der Waals surface area contributed by atoms with E-state index in [-0.39, 0.29) is 0 Å². The highest BCUT2D eigenvalue weighted by atomic mass is 16.5. The first-order valence-corrected chi connectivity index (χ1v) is 7.45. The molecular weight excluding hydrogens is 252 g/mol. The Hall–Kier alpha value is -1.36. The van der Waals surface area contributed by atoms with Crippen LogP contribution in [0.5, 0.6) is 0 Å². The van der Waals surface area contributed by atoms with E-state index in [1.807, 2.05) is 6.07 Å². The molecule has 1 rings (SSSR count). The van der Waals surface area contributed by atoms with Crippen molar-refractivity contribution in [3.63, 3.8) is 0 Å². The van der Waals surface area contributed by atoms with Crippen LogP contribution < -0.4 is 10.6 Å². The average molecular weight is 280 g/mol. The van der Waals surface area contributed by atoms with E-state index in [4.69, 9.17) is 4.74 Å². The van der Waals surface area contributed by atoms with Crippen molar-refractivity contribution < 1.29 is 4.74 Å². The SMILES string of the molecule is CCCNc1cc(NC(C)CCOC)nc(C(C)C)n1. The van der Waals surface area contributed by atoms with Crippen molar-refractivity contribution in [1.82, 2.24) is 9.97 Å². The predicted molar refractivity (Wildman–Crippen MR) is 84.5 cm³/mol. The number of methoxy groups -OCH3 is 1. The second-order valence-electron chi connectivity index (χ2n) is 5.40. The number of aromatic nitrogens is 2. The summed E-state index contributed by atoms with van der Waals surface area (Å²) in [5, 5.41) is 6.75. The summed E-state index contributed by atoms with van der Waals surface area (Å²) in [4.78, 5) is 9.14. The molecule has 2 N–H and O–H groups in total. The van der Waals surface area contributed by atoms with Gasteiger partial charge in [-0.2, -0.15) is 0 Å². The molecule has 0 saturated carbocycles. The predicted octanol–water partition coefficient (Wildman–Crippen LogP) is 3.26. The van der Waals surface area contributed by atoms with Crippen molar-refractivity contribution in [3.05, 3.63) is 11.9 Å². The Bertz CT molecular complexity index is 395. The Morgan fingerprint density at radius 1 is 1.20 bits per heavy atom. The maximum atomic E-state index is 5.10. The monoisotopic (exact) mass is 280 g/mol. The largest absolute Gasteiger partial charge is 0.385 e. The molecule has 5 heteroatoms. The molecule has 0 spiro atoms. The van der Waals surface area contributed by atoms with E-state index in [9.17, 15) is 0 Å². The second-order valence-corrected chi connectivity index (χ2v) is 5.40. The van der Waals surface area contributed by atoms with E-state index in [1.165, 1.54) is 0 Å². The van der Waals surface area contributed by atoms with Crippen molar-refractivity contribution in [1.29, 1.82) is 0 Å². The first-order valence-electron chi connectivity index (χ1n) is 7.45. The third-order valence-corrected chi connectivity index (χ3v) is 2.97. The van der Waals surface area contributed by atoms with Gasteiger partial charge in [0.05, 0.1) is 0 Å². The van der Waals surface area contributed by atoms with Crippen molar-refractivity contribution in [2.45, 2.75) is 52.5 Å². The molecule has 0 aromatic carbocycles. The van der Waals surface area contributed by atoms with Gasteiger partial charge in [0.1, 0.15) is 17.5 Å². The lowest BCUT2D eigenvalue weighted by Crippen LogP contribution is -2.19. The standard InChI is InChI=1S/C15H28N4O/c1-6-8-16-13-10-14(17-12(4)7-9-20-5)19-15(18-13)11(2)3/h10-12H,6-9H2,1-5H3,(H2,16,17,18,19). The molecule has 1 aromatic rings. The zero-order chi connectivity index (χ0) is 15.0. The molecule has 0 radical (unpaired) electrons. The third kappa shape index (κ3) is 5.74. The summed E-state index contributed by atoms with van der Waals surface area (Å²) in [6, 6.07) is 2.30. The fourth-order valence-electron chi connectivity index (χ4n) is 1.76. The molecule has 1 unspecified atom stereocenters. The fourth-order valence-corrected chi connectivity index (χ4v) is 1.76. The van der Waals surface area contributed by atoms with Gasteiger partial charge in [0.15, 0.2) is 0 Å². The third-order valence-electron chi connectivity index (χ3n) is 2.97. The first-order chi connectivity index (χ1) is 9.56. The normalized spacial score (nSPS) is 12.5. The molecule has 5 nitrogen and oxygen atoms in total. The van der Waals surface area contributed by atoms with Gasteiger partial charge in [-0.1, -0.05) is 20.8 Å². The molecule has 1 atom stereocenters. The van der Waals surface area contributed by atoms with Crippen molar-refractivity contribution in [2.24, 2.45) is 0 Å². The lowest BCUT2D eigenvalue weighted by atomic mass is 10.2. The molecule has 0 saturated heterocycles. The van der Waals surface area contributed by atoms with Crippen LogP contribution in [0.3, 0.4) is 0 Å². The van der Waals surface area contributed by atoms with Crippen LogP contribution in [-0.4, -0.2) is 36.3 Å². The highest BCUT2D eigenvalue weighted by molar-refractivity contribution is 5.48. The minimum absolute atomic E-state index is 0.313. The van der Waals surface area contributed by atoms with Gasteiger partial charge in [0.2, 0.25) is 0 Å². The zero-order valence-corrected chi connectivity index (χ0v) is 13.4. The molecule has 0 amide bonds. The highest BCUT2D eigenvalue weighted by Gasteiger charge is 2.10. The van der Waals surface area contributed by atoms with E-state index >= 15 is 0 Å². The molecule has 0 aliphatic rings. The highest BCUT2D eigenvalue weighted by Crippen LogP contribution is 2.18. The topological polar surface area (TPSA) is 59.1 Å². The molecule has 114 valence electrons. The summed E-state index contributed by atoms with van der Waals surface area (Å²) in [6.45, 7) is 10.2. The zero-order valence-electron chi connectivity index (χ0n) is 13.4. The molecule has 0 aliphatic heterocycles. The quantitative estimate of drug-likeness (QED) is 0.727. The molecule has 1 aromatic heterocycles.